The molecule has 7 aromatic rings. The molecule has 1 aromatic heterocycles. The van der Waals surface area contributed by atoms with Gasteiger partial charge in [0.05, 0.1) is 92.4 Å². The molecule has 0 unspecified atom stereocenters. The maximum atomic E-state index is 13.2. The molecule has 4 aliphatic heterocycles. The first-order valence-corrected chi connectivity index (χ1v) is 37.6. The lowest BCUT2D eigenvalue weighted by molar-refractivity contribution is -0.385. The third-order valence-electron chi connectivity index (χ3n) is 17.4. The Labute approximate surface area is 638 Å². The summed E-state index contributed by atoms with van der Waals surface area (Å²) in [7, 11) is 6.99. The number of carboxylic acids is 1. The van der Waals surface area contributed by atoms with Gasteiger partial charge in [-0.05, 0) is 216 Å². The smallest absolute Gasteiger partial charge is 0.337 e. The summed E-state index contributed by atoms with van der Waals surface area (Å²) in [6.45, 7) is 23.1. The number of nitro benzene ring substituents is 2. The molecule has 4 aliphatic rings. The van der Waals surface area contributed by atoms with E-state index >= 15 is 0 Å². The maximum absolute atomic E-state index is 13.2. The van der Waals surface area contributed by atoms with Gasteiger partial charge in [0, 0.05) is 81.6 Å². The number of rotatable bonds is 26. The molecule has 6 aromatic carbocycles. The van der Waals surface area contributed by atoms with Crippen molar-refractivity contribution in [3.05, 3.63) is 168 Å². The van der Waals surface area contributed by atoms with Crippen molar-refractivity contribution in [1.82, 2.24) is 29.2 Å². The van der Waals surface area contributed by atoms with Gasteiger partial charge < -0.3 is 79.5 Å². The van der Waals surface area contributed by atoms with E-state index in [-0.39, 0.29) is 35.7 Å². The first kappa shape index (κ1) is 91.6. The summed E-state index contributed by atoms with van der Waals surface area (Å²) in [4.78, 5) is 60.0. The van der Waals surface area contributed by atoms with E-state index in [0.717, 1.165) is 101 Å². The molecule has 106 heavy (non-hydrogen) atoms. The maximum Gasteiger partial charge on any atom is 0.337 e. The fourth-order valence-corrected chi connectivity index (χ4v) is 12.0. The number of nitro groups is 2. The molecule has 28 heteroatoms. The predicted octanol–water partition coefficient (Wildman–Crippen LogP) is 13.7. The van der Waals surface area contributed by atoms with Crippen molar-refractivity contribution in [1.29, 1.82) is 0 Å². The van der Waals surface area contributed by atoms with Crippen molar-refractivity contribution in [2.75, 3.05) is 150 Å². The Bertz CT molecular complexity index is 3800. The van der Waals surface area contributed by atoms with Crippen LogP contribution >= 0.6 is 22.6 Å². The van der Waals surface area contributed by atoms with Crippen LogP contribution in [0.5, 0.6) is 40.2 Å². The molecule has 11 rings (SSSR count). The van der Waals surface area contributed by atoms with Crippen molar-refractivity contribution in [2.24, 2.45) is 0 Å². The minimum Gasteiger partial charge on any atom is -0.493 e. The number of nitrogens with zero attached hydrogens (tertiary/aromatic N) is 8. The number of fused-ring (bicyclic) bond motifs is 1. The van der Waals surface area contributed by atoms with Crippen molar-refractivity contribution < 1.29 is 67.5 Å². The van der Waals surface area contributed by atoms with Crippen LogP contribution < -0.4 is 50.2 Å². The number of ether oxygens (including phenoxy) is 7. The number of aromatic carboxylic acids is 1. The largest absolute Gasteiger partial charge is 0.493 e. The van der Waals surface area contributed by atoms with Gasteiger partial charge in [0.25, 0.3) is 16.9 Å². The number of nitrogens with two attached hydrogens (primary N) is 2. The Morgan fingerprint density at radius 3 is 1.49 bits per heavy atom. The topological polar surface area (TPSA) is 329 Å². The zero-order chi connectivity index (χ0) is 77.2. The van der Waals surface area contributed by atoms with E-state index in [9.17, 15) is 34.2 Å². The predicted molar refractivity (Wildman–Crippen MR) is 427 cm³/mol. The van der Waals surface area contributed by atoms with Gasteiger partial charge >= 0.3 is 5.97 Å². The Hall–Kier alpha value is -8.65. The summed E-state index contributed by atoms with van der Waals surface area (Å²) in [5, 5.41) is 45.6. The van der Waals surface area contributed by atoms with E-state index in [0.29, 0.717) is 88.4 Å². The van der Waals surface area contributed by atoms with Gasteiger partial charge in [-0.25, -0.2) is 14.2 Å². The number of aryl methyl sites for hydroxylation is 3. The lowest BCUT2D eigenvalue weighted by Gasteiger charge is -2.21. The normalized spacial score (nSPS) is 14.4. The lowest BCUT2D eigenvalue weighted by atomic mass is 10.1. The molecule has 0 amide bonds. The van der Waals surface area contributed by atoms with Gasteiger partial charge in [0.2, 0.25) is 0 Å². The number of anilines is 2. The number of nitrogen functional groups attached to an aromatic ring is 2. The quantitative estimate of drug-likeness (QED) is 0.00840. The van der Waals surface area contributed by atoms with Crippen LogP contribution in [0.4, 0.5) is 27.1 Å². The first-order chi connectivity index (χ1) is 50.7. The number of aromatic nitrogens is 2. The second-order valence-electron chi connectivity index (χ2n) is 25.0. The molecule has 5 heterocycles. The molecule has 4 fully saturated rings. The second kappa shape index (κ2) is 50.8. The molecule has 0 aliphatic carbocycles. The Morgan fingerprint density at radius 2 is 1.02 bits per heavy atom. The van der Waals surface area contributed by atoms with E-state index in [2.05, 4.69) is 58.8 Å². The number of carbonyl (C=O) groups is 1. The van der Waals surface area contributed by atoms with Crippen LogP contribution in [0.25, 0.3) is 16.6 Å². The van der Waals surface area contributed by atoms with Crippen LogP contribution in [0.15, 0.2) is 114 Å². The number of methoxy groups -OCH3 is 4. The van der Waals surface area contributed by atoms with Crippen LogP contribution in [0.1, 0.15) is 119 Å². The van der Waals surface area contributed by atoms with E-state index in [1.54, 1.807) is 49.1 Å². The molecule has 0 spiro atoms. The van der Waals surface area contributed by atoms with E-state index in [1.807, 2.05) is 74.2 Å². The van der Waals surface area contributed by atoms with Crippen molar-refractivity contribution >= 4 is 62.2 Å². The zero-order valence-corrected chi connectivity index (χ0v) is 64.9. The van der Waals surface area contributed by atoms with Gasteiger partial charge in [-0.15, -0.1) is 0 Å². The molecule has 7 N–H and O–H groups in total. The number of hydrogen-bond acceptors (Lipinski definition) is 22. The third kappa shape index (κ3) is 31.0. The lowest BCUT2D eigenvalue weighted by Crippen LogP contribution is -2.28. The second-order valence-corrected chi connectivity index (χ2v) is 25.0. The monoisotopic (exact) mass is 1590 g/mol. The number of halogens is 2. The van der Waals surface area contributed by atoms with Gasteiger partial charge in [0.15, 0.2) is 46.1 Å². The summed E-state index contributed by atoms with van der Waals surface area (Å²) in [5.74, 6) is 2.66. The number of aliphatic hydroxyl groups excluding tert-OH is 2. The SMILES string of the molecule is C.CI.CO.COc1cc(-n2c(C)nc3ccc(C)cc3c2=O)ccc1OCCCN1CCC[C@H]1C.COc1cc(N)ccc1OCCCN1CCCC1.COc1cc([N+](=O)[O-])ccc1F.COc1cc([N+](=O)[O-])ccc1OCCCN1CCCC1.Cc1ccc(N)c(C(=O)O)c1.OCCCN1CCCC1. The number of likely N-dealkylation sites (tertiary alicyclic amines) is 4. The van der Waals surface area contributed by atoms with Crippen molar-refractivity contribution in [2.45, 2.75) is 118 Å². The van der Waals surface area contributed by atoms with Crippen molar-refractivity contribution in [3.8, 4) is 45.9 Å². The van der Waals surface area contributed by atoms with Gasteiger partial charge in [-0.1, -0.05) is 53.3 Å². The van der Waals surface area contributed by atoms with Gasteiger partial charge in [0.1, 0.15) is 5.82 Å². The van der Waals surface area contributed by atoms with E-state index in [4.69, 9.17) is 55.2 Å². The standard InChI is InChI=1S/C25H31N3O3.C14H20N2O4.C14H22N2O2.C8H9NO2.C7H6FNO3.C7H15NO.CH3I.CH4O.CH4/c1-17-8-10-22-21(15-17)25(29)28(19(3)26-22)20-9-11-23(24(16-20)30-4)31-14-6-13-27-12-5-7-18(27)2;1-19-14-11-12(16(17)18)5-6-13(14)20-10-4-9-15-7-2-3-8-15;1-17-14-11-12(15)5-6-13(14)18-10-4-9-16-7-2-3-8-16;1-5-2-3-7(9)6(4-5)8(10)11;1-12-7-4-5(9(10)11)2-3-6(7)8;9-7-3-6-8-4-1-2-5-8;2*1-2;/h8-11,15-16,18H,5-7,12-14H2,1-4H3;5-6,11H,2-4,7-10H2,1H3;5-6,11H,2-4,7-10,15H2,1H3;2-4H,9H2,1H3,(H,10,11);2-4H,1H3;9H,1-7H2;1H3;2H,1H3;1H4/t18-;;;;;;;;/m1......../s1. The number of alkyl halides is 1. The highest BCUT2D eigenvalue weighted by molar-refractivity contribution is 14.1. The van der Waals surface area contributed by atoms with Crippen LogP contribution in [-0.2, 0) is 0 Å². The molecular formula is C78H114FIN10O16. The average Bonchev–Trinajstić information content (AvgIpc) is 1.01. The van der Waals surface area contributed by atoms with Crippen LogP contribution in [0, 0.1) is 46.8 Å². The highest BCUT2D eigenvalue weighted by Crippen LogP contribution is 2.33. The number of aliphatic hydroxyl groups is 2. The molecule has 0 bridgehead atoms. The summed E-state index contributed by atoms with van der Waals surface area (Å²) < 4.78 is 52.2. The average molecular weight is 1590 g/mol. The highest BCUT2D eigenvalue weighted by Gasteiger charge is 2.21. The van der Waals surface area contributed by atoms with Crippen LogP contribution in [-0.4, -0.2) is 205 Å². The van der Waals surface area contributed by atoms with Crippen molar-refractivity contribution in [3.63, 3.8) is 0 Å². The number of non-ortho nitro benzene ring substituents is 2. The minimum atomic E-state index is -0.980. The molecule has 0 radical (unpaired) electrons. The zero-order valence-electron chi connectivity index (χ0n) is 62.7. The fourth-order valence-electron chi connectivity index (χ4n) is 12.0. The molecule has 26 nitrogen and oxygen atoms in total. The summed E-state index contributed by atoms with van der Waals surface area (Å²) >= 11 is 2.15. The van der Waals surface area contributed by atoms with E-state index in [1.165, 1.54) is 124 Å². The third-order valence-corrected chi connectivity index (χ3v) is 17.4. The minimum absolute atomic E-state index is 0. The Kier molecular flexibility index (Phi) is 43.9. The van der Waals surface area contributed by atoms with Gasteiger partial charge in [-0.3, -0.25) is 29.6 Å². The number of benzene rings is 6. The Balaban J connectivity index is 0.000000343. The Morgan fingerprint density at radius 1 is 0.575 bits per heavy atom. The number of carboxylic acid groups (broad SMARTS) is 1. The highest BCUT2D eigenvalue weighted by atomic mass is 127. The fraction of sp³-hybridized carbons (Fsp3) is 0.500. The molecular weight excluding hydrogens is 1480 g/mol. The molecule has 0 saturated carbocycles. The molecule has 1 atom stereocenters. The summed E-state index contributed by atoms with van der Waals surface area (Å²) in [6, 6.07) is 30.0. The van der Waals surface area contributed by atoms with Crippen LogP contribution in [0.3, 0.4) is 0 Å². The van der Waals surface area contributed by atoms with Crippen LogP contribution in [0.2, 0.25) is 0 Å². The van der Waals surface area contributed by atoms with Gasteiger partial charge in [-0.2, -0.15) is 0 Å². The summed E-state index contributed by atoms with van der Waals surface area (Å²) in [5.41, 5.74) is 15.4. The van der Waals surface area contributed by atoms with E-state index < -0.39 is 21.6 Å². The number of hydrogen-bond donors (Lipinski definition) is 5. The molecule has 4 saturated heterocycles. The summed E-state index contributed by atoms with van der Waals surface area (Å²) in [6.07, 6.45) is 14.5. The molecule has 586 valence electrons. The first-order valence-electron chi connectivity index (χ1n) is 35.4.